The molecule has 0 bridgehead atoms. The van der Waals surface area contributed by atoms with E-state index in [9.17, 15) is 9.59 Å². The molecule has 2 N–H and O–H groups in total. The first-order valence-electron chi connectivity index (χ1n) is 10.9. The fraction of sp³-hybridized carbons (Fsp3) is 0.154. The largest absolute Gasteiger partial charge is 0.493 e. The third kappa shape index (κ3) is 5.97. The van der Waals surface area contributed by atoms with Crippen LogP contribution in [0.2, 0.25) is 0 Å². The molecule has 0 spiro atoms. The van der Waals surface area contributed by atoms with Gasteiger partial charge in [-0.05, 0) is 42.6 Å². The van der Waals surface area contributed by atoms with Crippen molar-refractivity contribution in [3.8, 4) is 22.9 Å². The van der Waals surface area contributed by atoms with Crippen molar-refractivity contribution in [2.75, 3.05) is 14.2 Å². The second kappa shape index (κ2) is 11.3. The summed E-state index contributed by atoms with van der Waals surface area (Å²) in [7, 11) is 2.99. The van der Waals surface area contributed by atoms with E-state index in [0.29, 0.717) is 22.9 Å². The third-order valence-corrected chi connectivity index (χ3v) is 5.97. The SMILES string of the molecule is COc1ccc(C(=O)N/C(=C\c2cccs2)C(=O)NCc2nc(-c3ccc(C)cc3)no2)cc1OC. The normalized spacial score (nSPS) is 11.1. The number of thiophene rings is 1. The van der Waals surface area contributed by atoms with Crippen LogP contribution in [0.1, 0.15) is 26.7 Å². The first-order valence-corrected chi connectivity index (χ1v) is 11.8. The van der Waals surface area contributed by atoms with Crippen LogP contribution in [0, 0.1) is 6.92 Å². The molecule has 0 saturated carbocycles. The predicted molar refractivity (Wildman–Crippen MR) is 136 cm³/mol. The highest BCUT2D eigenvalue weighted by Crippen LogP contribution is 2.27. The molecule has 4 rings (SSSR count). The number of ether oxygens (including phenoxy) is 2. The van der Waals surface area contributed by atoms with Crippen molar-refractivity contribution in [2.24, 2.45) is 0 Å². The summed E-state index contributed by atoms with van der Waals surface area (Å²) < 4.78 is 15.8. The van der Waals surface area contributed by atoms with Crippen molar-refractivity contribution in [1.29, 1.82) is 0 Å². The number of amides is 2. The number of aryl methyl sites for hydroxylation is 1. The van der Waals surface area contributed by atoms with Crippen LogP contribution in [0.25, 0.3) is 17.5 Å². The monoisotopic (exact) mass is 504 g/mol. The van der Waals surface area contributed by atoms with Gasteiger partial charge >= 0.3 is 0 Å². The standard InChI is InChI=1S/C26H24N4O5S/c1-16-6-8-17(9-7-16)24-29-23(35-30-24)15-27-26(32)20(14-19-5-4-12-36-19)28-25(31)18-10-11-21(33-2)22(13-18)34-3/h4-14H,15H2,1-3H3,(H,27,32)(H,28,31)/b20-14-. The molecule has 4 aromatic rings. The van der Waals surface area contributed by atoms with Gasteiger partial charge in [0.05, 0.1) is 20.8 Å². The number of hydrogen-bond acceptors (Lipinski definition) is 8. The van der Waals surface area contributed by atoms with Crippen molar-refractivity contribution in [1.82, 2.24) is 20.8 Å². The molecule has 0 aliphatic carbocycles. The first-order chi connectivity index (χ1) is 17.5. The number of methoxy groups -OCH3 is 2. The maximum atomic E-state index is 13.0. The van der Waals surface area contributed by atoms with Gasteiger partial charge < -0.3 is 24.6 Å². The van der Waals surface area contributed by atoms with Crippen molar-refractivity contribution in [3.63, 3.8) is 0 Å². The molecule has 9 nitrogen and oxygen atoms in total. The lowest BCUT2D eigenvalue weighted by Gasteiger charge is -2.12. The Labute approximate surface area is 211 Å². The zero-order chi connectivity index (χ0) is 25.5. The lowest BCUT2D eigenvalue weighted by atomic mass is 10.1. The van der Waals surface area contributed by atoms with Crippen molar-refractivity contribution in [3.05, 3.63) is 87.6 Å². The number of hydrogen-bond donors (Lipinski definition) is 2. The van der Waals surface area contributed by atoms with Crippen molar-refractivity contribution >= 4 is 29.2 Å². The summed E-state index contributed by atoms with van der Waals surface area (Å²) in [4.78, 5) is 31.1. The summed E-state index contributed by atoms with van der Waals surface area (Å²) in [6, 6.07) is 16.1. The van der Waals surface area contributed by atoms with Gasteiger partial charge in [-0.25, -0.2) is 0 Å². The molecule has 10 heteroatoms. The molecule has 0 aliphatic rings. The lowest BCUT2D eigenvalue weighted by molar-refractivity contribution is -0.118. The zero-order valence-electron chi connectivity index (χ0n) is 19.9. The Kier molecular flexibility index (Phi) is 7.76. The summed E-state index contributed by atoms with van der Waals surface area (Å²) in [5.74, 6) is 0.571. The van der Waals surface area contributed by atoms with Crippen LogP contribution >= 0.6 is 11.3 Å². The molecule has 0 atom stereocenters. The smallest absolute Gasteiger partial charge is 0.268 e. The van der Waals surface area contributed by atoms with E-state index in [4.69, 9.17) is 14.0 Å². The number of nitrogens with one attached hydrogen (secondary N) is 2. The van der Waals surface area contributed by atoms with E-state index >= 15 is 0 Å². The van der Waals surface area contributed by atoms with E-state index < -0.39 is 11.8 Å². The fourth-order valence-electron chi connectivity index (χ4n) is 3.24. The topological polar surface area (TPSA) is 116 Å². The Morgan fingerprint density at radius 1 is 1.06 bits per heavy atom. The van der Waals surface area contributed by atoms with Gasteiger partial charge in [0.15, 0.2) is 11.5 Å². The van der Waals surface area contributed by atoms with Crippen LogP contribution < -0.4 is 20.1 Å². The number of carbonyl (C=O) groups excluding carboxylic acids is 2. The molecule has 2 amide bonds. The van der Waals surface area contributed by atoms with Crippen LogP contribution in [0.5, 0.6) is 11.5 Å². The molecule has 0 aliphatic heterocycles. The minimum absolute atomic E-state index is 0.00823. The van der Waals surface area contributed by atoms with Gasteiger partial charge in [0.2, 0.25) is 11.7 Å². The van der Waals surface area contributed by atoms with E-state index in [1.165, 1.54) is 25.6 Å². The van der Waals surface area contributed by atoms with Gasteiger partial charge in [-0.1, -0.05) is 41.1 Å². The Morgan fingerprint density at radius 3 is 2.53 bits per heavy atom. The Hall–Kier alpha value is -4.44. The lowest BCUT2D eigenvalue weighted by Crippen LogP contribution is -2.34. The average Bonchev–Trinajstić information content (AvgIpc) is 3.59. The molecular formula is C26H24N4O5S. The number of aromatic nitrogens is 2. The van der Waals surface area contributed by atoms with Crippen LogP contribution in [0.4, 0.5) is 0 Å². The fourth-order valence-corrected chi connectivity index (χ4v) is 3.90. The molecular weight excluding hydrogens is 480 g/mol. The Morgan fingerprint density at radius 2 is 1.83 bits per heavy atom. The van der Waals surface area contributed by atoms with E-state index in [1.54, 1.807) is 24.3 Å². The van der Waals surface area contributed by atoms with E-state index in [1.807, 2.05) is 48.7 Å². The van der Waals surface area contributed by atoms with Gasteiger partial charge in [-0.3, -0.25) is 9.59 Å². The van der Waals surface area contributed by atoms with Gasteiger partial charge in [-0.15, -0.1) is 11.3 Å². The molecule has 2 heterocycles. The van der Waals surface area contributed by atoms with E-state index in [2.05, 4.69) is 20.8 Å². The third-order valence-electron chi connectivity index (χ3n) is 5.15. The predicted octanol–water partition coefficient (Wildman–Crippen LogP) is 4.21. The average molecular weight is 505 g/mol. The summed E-state index contributed by atoms with van der Waals surface area (Å²) in [6.07, 6.45) is 1.60. The number of benzene rings is 2. The molecule has 2 aromatic heterocycles. The van der Waals surface area contributed by atoms with Crippen LogP contribution in [-0.4, -0.2) is 36.2 Å². The van der Waals surface area contributed by atoms with Crippen molar-refractivity contribution in [2.45, 2.75) is 13.5 Å². The second-order valence-corrected chi connectivity index (χ2v) is 8.64. The van der Waals surface area contributed by atoms with Gasteiger partial charge in [0.25, 0.3) is 11.8 Å². The number of nitrogens with zero attached hydrogens (tertiary/aromatic N) is 2. The highest BCUT2D eigenvalue weighted by molar-refractivity contribution is 7.10. The molecule has 0 saturated heterocycles. The molecule has 184 valence electrons. The minimum atomic E-state index is -0.507. The Bertz CT molecular complexity index is 1380. The summed E-state index contributed by atoms with van der Waals surface area (Å²) >= 11 is 1.43. The van der Waals surface area contributed by atoms with Crippen LogP contribution in [0.3, 0.4) is 0 Å². The molecule has 36 heavy (non-hydrogen) atoms. The highest BCUT2D eigenvalue weighted by Gasteiger charge is 2.18. The minimum Gasteiger partial charge on any atom is -0.493 e. The number of rotatable bonds is 9. The van der Waals surface area contributed by atoms with Gasteiger partial charge in [0.1, 0.15) is 5.70 Å². The number of carbonyl (C=O) groups is 2. The molecule has 0 radical (unpaired) electrons. The quantitative estimate of drug-likeness (QED) is 0.328. The van der Waals surface area contributed by atoms with Crippen LogP contribution in [-0.2, 0) is 11.3 Å². The molecule has 0 unspecified atom stereocenters. The molecule has 2 aromatic carbocycles. The van der Waals surface area contributed by atoms with E-state index in [-0.39, 0.29) is 18.1 Å². The highest BCUT2D eigenvalue weighted by atomic mass is 32.1. The summed E-state index contributed by atoms with van der Waals surface area (Å²) in [6.45, 7) is 1.98. The summed E-state index contributed by atoms with van der Waals surface area (Å²) in [5.41, 5.74) is 2.30. The first kappa shape index (κ1) is 24.7. The maximum absolute atomic E-state index is 13.0. The Balaban J connectivity index is 1.48. The van der Waals surface area contributed by atoms with Crippen LogP contribution in [0.15, 0.2) is 70.2 Å². The van der Waals surface area contributed by atoms with Gasteiger partial charge in [-0.2, -0.15) is 4.98 Å². The van der Waals surface area contributed by atoms with Gasteiger partial charge in [0, 0.05) is 16.0 Å². The maximum Gasteiger partial charge on any atom is 0.268 e. The zero-order valence-corrected chi connectivity index (χ0v) is 20.7. The summed E-state index contributed by atoms with van der Waals surface area (Å²) in [5, 5.41) is 11.3. The second-order valence-electron chi connectivity index (χ2n) is 7.66. The van der Waals surface area contributed by atoms with E-state index in [0.717, 1.165) is 16.0 Å². The van der Waals surface area contributed by atoms with Crippen molar-refractivity contribution < 1.29 is 23.6 Å². The molecule has 0 fully saturated rings.